The number of rotatable bonds is 5. The van der Waals surface area contributed by atoms with Gasteiger partial charge >= 0.3 is 0 Å². The molecule has 0 amide bonds. The predicted molar refractivity (Wildman–Crippen MR) is 128 cm³/mol. The van der Waals surface area contributed by atoms with Gasteiger partial charge in [0.05, 0.1) is 34.0 Å². The van der Waals surface area contributed by atoms with Gasteiger partial charge in [0, 0.05) is 22.2 Å². The van der Waals surface area contributed by atoms with Gasteiger partial charge in [-0.1, -0.05) is 12.1 Å². The van der Waals surface area contributed by atoms with Gasteiger partial charge in [0.2, 0.25) is 16.0 Å². The van der Waals surface area contributed by atoms with E-state index >= 15 is 0 Å². The highest BCUT2D eigenvalue weighted by Gasteiger charge is 2.22. The molecule has 3 N–H and O–H groups in total. The highest BCUT2D eigenvalue weighted by atomic mass is 32.2. The summed E-state index contributed by atoms with van der Waals surface area (Å²) in [5.74, 6) is 0.418. The first kappa shape index (κ1) is 21.1. The number of sulfonamides is 1. The van der Waals surface area contributed by atoms with Gasteiger partial charge in [0.1, 0.15) is 0 Å². The van der Waals surface area contributed by atoms with E-state index in [9.17, 15) is 8.42 Å². The van der Waals surface area contributed by atoms with Gasteiger partial charge in [-0.05, 0) is 63.2 Å². The minimum atomic E-state index is -3.66. The van der Waals surface area contributed by atoms with Crippen molar-refractivity contribution in [2.24, 2.45) is 0 Å². The molecule has 0 aliphatic rings. The maximum Gasteiger partial charge on any atom is 0.245 e. The van der Waals surface area contributed by atoms with Gasteiger partial charge in [-0.3, -0.25) is 5.10 Å². The number of aromatic amines is 1. The van der Waals surface area contributed by atoms with Crippen LogP contribution in [0.4, 0.5) is 11.6 Å². The van der Waals surface area contributed by atoms with Crippen LogP contribution >= 0.6 is 0 Å². The topological polar surface area (TPSA) is 117 Å². The van der Waals surface area contributed by atoms with Crippen LogP contribution in [0.1, 0.15) is 20.8 Å². The van der Waals surface area contributed by atoms with Crippen LogP contribution in [0.25, 0.3) is 27.7 Å². The Balaban J connectivity index is 1.50. The zero-order valence-corrected chi connectivity index (χ0v) is 19.2. The molecule has 0 fully saturated rings. The Hall–Kier alpha value is -3.76. The van der Waals surface area contributed by atoms with Crippen molar-refractivity contribution >= 4 is 38.1 Å². The lowest BCUT2D eigenvalue weighted by atomic mass is 10.1. The molecule has 10 heteroatoms. The number of fused-ring (bicyclic) bond motifs is 2. The van der Waals surface area contributed by atoms with E-state index in [0.29, 0.717) is 5.95 Å². The molecule has 2 aromatic carbocycles. The van der Waals surface area contributed by atoms with Crippen LogP contribution in [-0.4, -0.2) is 38.8 Å². The fourth-order valence-electron chi connectivity index (χ4n) is 3.61. The molecule has 3 heterocycles. The van der Waals surface area contributed by atoms with Crippen LogP contribution in [0.2, 0.25) is 0 Å². The highest BCUT2D eigenvalue weighted by molar-refractivity contribution is 7.89. The molecular formula is C23H23N7O2S. The maximum atomic E-state index is 12.8. The fraction of sp³-hybridized carbons (Fsp3) is 0.174. The van der Waals surface area contributed by atoms with E-state index in [0.717, 1.165) is 33.4 Å². The molecule has 33 heavy (non-hydrogen) atoms. The van der Waals surface area contributed by atoms with Crippen molar-refractivity contribution < 1.29 is 8.42 Å². The zero-order chi connectivity index (χ0) is 23.2. The number of benzene rings is 2. The van der Waals surface area contributed by atoms with Crippen molar-refractivity contribution in [3.63, 3.8) is 0 Å². The minimum absolute atomic E-state index is 0.200. The quantitative estimate of drug-likeness (QED) is 0.363. The standard InChI is InChI=1S/C23H23N7O2S/c1-23(2,3)29-33(31,32)19-6-4-5-15(12-19)21-10-8-18-14-24-22(28-30(18)21)26-17-7-9-20-16(11-17)13-25-27-20/h4-14,29H,1-3H3,(H,25,27)(H,26,28). The first-order valence-electron chi connectivity index (χ1n) is 10.4. The summed E-state index contributed by atoms with van der Waals surface area (Å²) >= 11 is 0. The molecule has 0 bridgehead atoms. The number of hydrogen-bond acceptors (Lipinski definition) is 6. The van der Waals surface area contributed by atoms with Crippen molar-refractivity contribution in [1.29, 1.82) is 0 Å². The average molecular weight is 462 g/mol. The van der Waals surface area contributed by atoms with Crippen molar-refractivity contribution in [2.75, 3.05) is 5.32 Å². The molecule has 5 rings (SSSR count). The Morgan fingerprint density at radius 2 is 1.85 bits per heavy atom. The molecule has 5 aromatic rings. The van der Waals surface area contributed by atoms with Crippen LogP contribution in [0.3, 0.4) is 0 Å². The van der Waals surface area contributed by atoms with E-state index in [2.05, 4.69) is 30.3 Å². The van der Waals surface area contributed by atoms with Crippen LogP contribution in [0.5, 0.6) is 0 Å². The summed E-state index contributed by atoms with van der Waals surface area (Å²) in [5, 5.41) is 15.8. The maximum absolute atomic E-state index is 12.8. The third kappa shape index (κ3) is 4.30. The number of aromatic nitrogens is 5. The highest BCUT2D eigenvalue weighted by Crippen LogP contribution is 2.26. The van der Waals surface area contributed by atoms with Gasteiger partial charge in [0.25, 0.3) is 0 Å². The van der Waals surface area contributed by atoms with E-state index in [4.69, 9.17) is 0 Å². The van der Waals surface area contributed by atoms with Crippen LogP contribution < -0.4 is 10.0 Å². The summed E-state index contributed by atoms with van der Waals surface area (Å²) in [4.78, 5) is 4.60. The van der Waals surface area contributed by atoms with Crippen molar-refractivity contribution in [3.05, 3.63) is 67.0 Å². The zero-order valence-electron chi connectivity index (χ0n) is 18.4. The Bertz CT molecular complexity index is 1580. The Morgan fingerprint density at radius 1 is 1.00 bits per heavy atom. The third-order valence-corrected chi connectivity index (χ3v) is 6.73. The smallest absolute Gasteiger partial charge is 0.245 e. The molecule has 0 saturated carbocycles. The van der Waals surface area contributed by atoms with Gasteiger partial charge in [-0.15, -0.1) is 5.10 Å². The Morgan fingerprint density at radius 3 is 2.67 bits per heavy atom. The molecule has 168 valence electrons. The lowest BCUT2D eigenvalue weighted by Gasteiger charge is -2.20. The SMILES string of the molecule is CC(C)(C)NS(=O)(=O)c1cccc(-c2ccc3cnc(Nc4ccc5[nH]ncc5c4)nn23)c1. The molecule has 0 aliphatic heterocycles. The molecule has 0 radical (unpaired) electrons. The molecule has 0 saturated heterocycles. The number of anilines is 2. The van der Waals surface area contributed by atoms with Gasteiger partial charge < -0.3 is 5.32 Å². The number of nitrogens with one attached hydrogen (secondary N) is 3. The van der Waals surface area contributed by atoms with Gasteiger partial charge in [-0.25, -0.2) is 22.6 Å². The van der Waals surface area contributed by atoms with E-state index in [1.54, 1.807) is 35.1 Å². The third-order valence-electron chi connectivity index (χ3n) is 4.98. The summed E-state index contributed by atoms with van der Waals surface area (Å²) in [6.45, 7) is 5.43. The number of nitrogens with zero attached hydrogens (tertiary/aromatic N) is 4. The Kier molecular flexibility index (Phi) is 4.91. The second kappa shape index (κ2) is 7.68. The van der Waals surface area contributed by atoms with E-state index in [-0.39, 0.29) is 4.90 Å². The largest absolute Gasteiger partial charge is 0.323 e. The number of H-pyrrole nitrogens is 1. The molecule has 0 unspecified atom stereocenters. The molecule has 9 nitrogen and oxygen atoms in total. The van der Waals surface area contributed by atoms with Crippen molar-refractivity contribution in [1.82, 2.24) is 29.5 Å². The normalized spacial score (nSPS) is 12.5. The first-order chi connectivity index (χ1) is 15.7. The van der Waals surface area contributed by atoms with Gasteiger partial charge in [0.15, 0.2) is 0 Å². The molecular weight excluding hydrogens is 438 g/mol. The van der Waals surface area contributed by atoms with Crippen molar-refractivity contribution in [2.45, 2.75) is 31.2 Å². The molecule has 0 atom stereocenters. The summed E-state index contributed by atoms with van der Waals surface area (Å²) in [6, 6.07) is 16.4. The summed E-state index contributed by atoms with van der Waals surface area (Å²) in [6.07, 6.45) is 3.47. The molecule has 3 aromatic heterocycles. The molecule has 0 aliphatic carbocycles. The fourth-order valence-corrected chi connectivity index (χ4v) is 5.08. The van der Waals surface area contributed by atoms with Crippen molar-refractivity contribution in [3.8, 4) is 11.3 Å². The van der Waals surface area contributed by atoms with Crippen LogP contribution in [0.15, 0.2) is 71.9 Å². The minimum Gasteiger partial charge on any atom is -0.323 e. The second-order valence-electron chi connectivity index (χ2n) is 8.82. The summed E-state index contributed by atoms with van der Waals surface area (Å²) < 4.78 is 30.0. The summed E-state index contributed by atoms with van der Waals surface area (Å²) in [7, 11) is -3.66. The Labute approximate surface area is 190 Å². The number of hydrogen-bond donors (Lipinski definition) is 3. The van der Waals surface area contributed by atoms with Crippen LogP contribution in [-0.2, 0) is 10.0 Å². The van der Waals surface area contributed by atoms with E-state index < -0.39 is 15.6 Å². The predicted octanol–water partition coefficient (Wildman–Crippen LogP) is 4.09. The summed E-state index contributed by atoms with van der Waals surface area (Å²) in [5.41, 5.74) is 3.48. The van der Waals surface area contributed by atoms with E-state index in [1.807, 2.05) is 57.2 Å². The second-order valence-corrected chi connectivity index (χ2v) is 10.5. The lowest BCUT2D eigenvalue weighted by molar-refractivity contribution is 0.491. The van der Waals surface area contributed by atoms with Gasteiger partial charge in [-0.2, -0.15) is 5.10 Å². The molecule has 0 spiro atoms. The monoisotopic (exact) mass is 461 g/mol. The van der Waals surface area contributed by atoms with E-state index in [1.165, 1.54) is 0 Å². The average Bonchev–Trinajstić information content (AvgIpc) is 3.38. The van der Waals surface area contributed by atoms with Crippen LogP contribution in [0, 0.1) is 0 Å². The first-order valence-corrected chi connectivity index (χ1v) is 11.9. The lowest BCUT2D eigenvalue weighted by Crippen LogP contribution is -2.40.